The fraction of sp³-hybridized carbons (Fsp3) is 0.278. The van der Waals surface area contributed by atoms with Crippen LogP contribution in [0.4, 0.5) is 5.69 Å². The molecule has 0 aliphatic rings. The lowest BCUT2D eigenvalue weighted by atomic mass is 10.1. The molecule has 10 heteroatoms. The van der Waals surface area contributed by atoms with Gasteiger partial charge in [-0.15, -0.1) is 0 Å². The number of hydrogen-bond donors (Lipinski definition) is 2. The van der Waals surface area contributed by atoms with Crippen LogP contribution in [-0.4, -0.2) is 46.3 Å². The maximum Gasteiger partial charge on any atom is 0.335 e. The first-order valence-electron chi connectivity index (χ1n) is 8.18. The number of aryl methyl sites for hydroxylation is 2. The zero-order valence-electron chi connectivity index (χ0n) is 16.1. The van der Waals surface area contributed by atoms with E-state index < -0.39 is 26.0 Å². The highest BCUT2D eigenvalue weighted by molar-refractivity contribution is 7.92. The summed E-state index contributed by atoms with van der Waals surface area (Å²) in [7, 11) is -5.14. The van der Waals surface area contributed by atoms with Gasteiger partial charge in [0.1, 0.15) is 0 Å². The lowest BCUT2D eigenvalue weighted by Crippen LogP contribution is -2.23. The summed E-state index contributed by atoms with van der Waals surface area (Å²) >= 11 is 0. The largest absolute Gasteiger partial charge is 0.478 e. The summed E-state index contributed by atoms with van der Waals surface area (Å²) in [5, 5.41) is 9.13. The van der Waals surface area contributed by atoms with Crippen LogP contribution >= 0.6 is 0 Å². The lowest BCUT2D eigenvalue weighted by Gasteiger charge is -2.17. The standard InChI is InChI=1S/C18H22N2O6S2/c1-11-6-7-14(18(21)22)9-17(11)27(23,24)19-16-10-15(8-12(2)13(16)3)28(25,26)20(4)5/h6-10,19H,1-5H3,(H,21,22). The number of rotatable bonds is 6. The maximum absolute atomic E-state index is 12.9. The van der Waals surface area contributed by atoms with Crippen molar-refractivity contribution >= 4 is 31.7 Å². The predicted octanol–water partition coefficient (Wildman–Crippen LogP) is 2.36. The summed E-state index contributed by atoms with van der Waals surface area (Å²) in [6.07, 6.45) is 0. The van der Waals surface area contributed by atoms with Crippen LogP contribution in [0.25, 0.3) is 0 Å². The van der Waals surface area contributed by atoms with Crippen LogP contribution in [0.5, 0.6) is 0 Å². The number of carboxylic acids is 1. The van der Waals surface area contributed by atoms with Crippen molar-refractivity contribution in [2.24, 2.45) is 0 Å². The van der Waals surface area contributed by atoms with Gasteiger partial charge < -0.3 is 5.11 Å². The first-order chi connectivity index (χ1) is 12.8. The van der Waals surface area contributed by atoms with Crippen molar-refractivity contribution in [2.75, 3.05) is 18.8 Å². The number of aromatic carboxylic acids is 1. The molecule has 0 heterocycles. The van der Waals surface area contributed by atoms with Crippen molar-refractivity contribution in [2.45, 2.75) is 30.6 Å². The molecule has 0 radical (unpaired) electrons. The van der Waals surface area contributed by atoms with Gasteiger partial charge in [0.05, 0.1) is 21.0 Å². The Bertz CT molecular complexity index is 1150. The molecule has 2 N–H and O–H groups in total. The average Bonchev–Trinajstić information content (AvgIpc) is 2.58. The Labute approximate surface area is 164 Å². The highest BCUT2D eigenvalue weighted by Crippen LogP contribution is 2.28. The molecule has 0 amide bonds. The molecular formula is C18H22N2O6S2. The number of sulfonamides is 2. The van der Waals surface area contributed by atoms with Crippen LogP contribution in [0.1, 0.15) is 27.0 Å². The molecule has 0 unspecified atom stereocenters. The van der Waals surface area contributed by atoms with Crippen molar-refractivity contribution in [3.05, 3.63) is 52.6 Å². The molecule has 0 aromatic heterocycles. The van der Waals surface area contributed by atoms with Gasteiger partial charge in [0, 0.05) is 14.1 Å². The molecule has 2 aromatic carbocycles. The number of benzene rings is 2. The normalized spacial score (nSPS) is 12.2. The third-order valence-corrected chi connectivity index (χ3v) is 7.69. The second kappa shape index (κ2) is 7.53. The minimum Gasteiger partial charge on any atom is -0.478 e. The van der Waals surface area contributed by atoms with Gasteiger partial charge in [-0.1, -0.05) is 6.07 Å². The van der Waals surface area contributed by atoms with E-state index in [9.17, 15) is 21.6 Å². The number of carboxylic acid groups (broad SMARTS) is 1. The first-order valence-corrected chi connectivity index (χ1v) is 11.1. The number of nitrogens with one attached hydrogen (secondary N) is 1. The second-order valence-corrected chi connectivity index (χ2v) is 10.4. The van der Waals surface area contributed by atoms with E-state index in [1.165, 1.54) is 38.4 Å². The third kappa shape index (κ3) is 4.18. The zero-order chi connectivity index (χ0) is 21.4. The molecule has 0 aliphatic carbocycles. The first kappa shape index (κ1) is 21.9. The molecule has 2 aromatic rings. The second-order valence-electron chi connectivity index (χ2n) is 6.59. The molecule has 0 saturated heterocycles. The van der Waals surface area contributed by atoms with Gasteiger partial charge in [-0.3, -0.25) is 4.72 Å². The van der Waals surface area contributed by atoms with E-state index in [0.717, 1.165) is 10.4 Å². The van der Waals surface area contributed by atoms with E-state index in [0.29, 0.717) is 16.7 Å². The highest BCUT2D eigenvalue weighted by atomic mass is 32.2. The van der Waals surface area contributed by atoms with Gasteiger partial charge in [-0.25, -0.2) is 25.9 Å². The Kier molecular flexibility index (Phi) is 5.88. The smallest absolute Gasteiger partial charge is 0.335 e. The average molecular weight is 427 g/mol. The summed E-state index contributed by atoms with van der Waals surface area (Å²) in [6.45, 7) is 4.89. The molecule has 28 heavy (non-hydrogen) atoms. The van der Waals surface area contributed by atoms with Gasteiger partial charge in [0.25, 0.3) is 10.0 Å². The van der Waals surface area contributed by atoms with Gasteiger partial charge in [-0.05, 0) is 61.7 Å². The van der Waals surface area contributed by atoms with Crippen molar-refractivity contribution in [3.8, 4) is 0 Å². The van der Waals surface area contributed by atoms with Crippen LogP contribution in [0.3, 0.4) is 0 Å². The number of anilines is 1. The van der Waals surface area contributed by atoms with E-state index >= 15 is 0 Å². The highest BCUT2D eigenvalue weighted by Gasteiger charge is 2.23. The van der Waals surface area contributed by atoms with E-state index in [1.807, 2.05) is 0 Å². The summed E-state index contributed by atoms with van der Waals surface area (Å²) in [5.41, 5.74) is 1.47. The van der Waals surface area contributed by atoms with Crippen molar-refractivity contribution in [3.63, 3.8) is 0 Å². The van der Waals surface area contributed by atoms with Crippen LogP contribution in [0, 0.1) is 20.8 Å². The van der Waals surface area contributed by atoms with E-state index in [1.54, 1.807) is 20.8 Å². The molecular weight excluding hydrogens is 404 g/mol. The van der Waals surface area contributed by atoms with Crippen LogP contribution in [0.2, 0.25) is 0 Å². The minimum absolute atomic E-state index is 0.0469. The van der Waals surface area contributed by atoms with Gasteiger partial charge in [-0.2, -0.15) is 0 Å². The number of hydrogen-bond acceptors (Lipinski definition) is 5. The molecule has 0 aliphatic heterocycles. The molecule has 0 spiro atoms. The fourth-order valence-corrected chi connectivity index (χ4v) is 4.91. The predicted molar refractivity (Wildman–Crippen MR) is 106 cm³/mol. The Morgan fingerprint density at radius 1 is 0.964 bits per heavy atom. The Morgan fingerprint density at radius 2 is 1.57 bits per heavy atom. The zero-order valence-corrected chi connectivity index (χ0v) is 17.8. The van der Waals surface area contributed by atoms with Crippen LogP contribution < -0.4 is 4.72 Å². The molecule has 2 rings (SSSR count). The monoisotopic (exact) mass is 426 g/mol. The quantitative estimate of drug-likeness (QED) is 0.731. The number of nitrogens with zero attached hydrogens (tertiary/aromatic N) is 1. The maximum atomic E-state index is 12.9. The topological polar surface area (TPSA) is 121 Å². The summed E-state index contributed by atoms with van der Waals surface area (Å²) in [4.78, 5) is 10.9. The van der Waals surface area contributed by atoms with E-state index in [4.69, 9.17) is 5.11 Å². The van der Waals surface area contributed by atoms with Crippen LogP contribution in [0.15, 0.2) is 40.1 Å². The van der Waals surface area contributed by atoms with Gasteiger partial charge >= 0.3 is 5.97 Å². The molecule has 0 atom stereocenters. The fourth-order valence-electron chi connectivity index (χ4n) is 2.51. The summed E-state index contributed by atoms with van der Waals surface area (Å²) < 4.78 is 54.1. The molecule has 0 fully saturated rings. The number of carbonyl (C=O) groups is 1. The summed E-state index contributed by atoms with van der Waals surface area (Å²) in [6, 6.07) is 6.52. The Balaban J connectivity index is 2.61. The third-order valence-electron chi connectivity index (χ3n) is 4.39. The van der Waals surface area contributed by atoms with Crippen LogP contribution in [-0.2, 0) is 20.0 Å². The molecule has 152 valence electrons. The molecule has 0 saturated carbocycles. The SMILES string of the molecule is Cc1ccc(C(=O)O)cc1S(=O)(=O)Nc1cc(S(=O)(=O)N(C)C)cc(C)c1C. The lowest BCUT2D eigenvalue weighted by molar-refractivity contribution is 0.0696. The summed E-state index contributed by atoms with van der Waals surface area (Å²) in [5.74, 6) is -1.25. The van der Waals surface area contributed by atoms with Crippen molar-refractivity contribution in [1.29, 1.82) is 0 Å². The molecule has 0 bridgehead atoms. The van der Waals surface area contributed by atoms with Crippen molar-refractivity contribution < 1.29 is 26.7 Å². The van der Waals surface area contributed by atoms with Gasteiger partial charge in [0.15, 0.2) is 0 Å². The van der Waals surface area contributed by atoms with E-state index in [2.05, 4.69) is 4.72 Å². The molecule has 8 nitrogen and oxygen atoms in total. The minimum atomic E-state index is -4.14. The van der Waals surface area contributed by atoms with Gasteiger partial charge in [0.2, 0.25) is 10.0 Å². The Hall–Kier alpha value is -2.43. The van der Waals surface area contributed by atoms with Crippen molar-refractivity contribution in [1.82, 2.24) is 4.31 Å². The Morgan fingerprint density at radius 3 is 2.11 bits per heavy atom. The van der Waals surface area contributed by atoms with E-state index in [-0.39, 0.29) is 21.0 Å².